The van der Waals surface area contributed by atoms with Crippen molar-refractivity contribution in [2.45, 2.75) is 64.0 Å². The van der Waals surface area contributed by atoms with Crippen LogP contribution in [0.2, 0.25) is 0 Å². The number of rotatable bonds is 5. The van der Waals surface area contributed by atoms with E-state index in [2.05, 4.69) is 17.6 Å². The summed E-state index contributed by atoms with van der Waals surface area (Å²) in [7, 11) is 0. The van der Waals surface area contributed by atoms with Crippen LogP contribution in [0.25, 0.3) is 0 Å². The molecule has 3 aliphatic rings. The summed E-state index contributed by atoms with van der Waals surface area (Å²) in [5, 5.41) is 4.54. The quantitative estimate of drug-likeness (QED) is 0.557. The summed E-state index contributed by atoms with van der Waals surface area (Å²) in [4.78, 5) is 48.8. The second kappa shape index (κ2) is 8.05. The minimum absolute atomic E-state index is 0.0191. The lowest BCUT2D eigenvalue weighted by molar-refractivity contribution is -0.155. The number of fused-ring (bicyclic) bond motifs is 1. The lowest BCUT2D eigenvalue weighted by Crippen LogP contribution is -2.53. The lowest BCUT2D eigenvalue weighted by atomic mass is 9.72. The average Bonchev–Trinajstić information content (AvgIpc) is 2.95. The number of esters is 1. The molecule has 2 heterocycles. The number of urea groups is 1. The molecule has 8 nitrogen and oxygen atoms in total. The molecular formula is C18H27N3O5. The van der Waals surface area contributed by atoms with Crippen LogP contribution in [-0.2, 0) is 19.1 Å². The number of nitrogens with zero attached hydrogens (tertiary/aromatic N) is 1. The van der Waals surface area contributed by atoms with Gasteiger partial charge in [0.1, 0.15) is 6.04 Å². The highest BCUT2D eigenvalue weighted by Gasteiger charge is 2.39. The summed E-state index contributed by atoms with van der Waals surface area (Å²) in [6.07, 6.45) is 5.72. The molecule has 0 aromatic rings. The van der Waals surface area contributed by atoms with Crippen molar-refractivity contribution >= 4 is 23.8 Å². The monoisotopic (exact) mass is 365 g/mol. The summed E-state index contributed by atoms with van der Waals surface area (Å²) in [6.45, 7) is 2.75. The van der Waals surface area contributed by atoms with Gasteiger partial charge >= 0.3 is 12.0 Å². The molecule has 2 saturated heterocycles. The number of hydrogen-bond acceptors (Lipinski definition) is 5. The molecule has 2 aliphatic heterocycles. The maximum atomic E-state index is 12.5. The van der Waals surface area contributed by atoms with Gasteiger partial charge in [0.15, 0.2) is 6.61 Å². The standard InChI is InChI=1S/C18H27N3O5/c1-11-8-9-21(14-5-3-2-4-12(11)14)15(22)10-26-16(23)7-6-13-17(24)20-18(25)19-13/h11-14H,2-10H2,1H3,(H2,19,20,24,25)/t11-,12+,13+,14-/m1/s1. The first-order valence-electron chi connectivity index (χ1n) is 9.52. The van der Waals surface area contributed by atoms with Crippen molar-refractivity contribution in [2.24, 2.45) is 11.8 Å². The van der Waals surface area contributed by atoms with Gasteiger partial charge in [-0.15, -0.1) is 0 Å². The summed E-state index contributed by atoms with van der Waals surface area (Å²) >= 11 is 0. The molecule has 8 heteroatoms. The van der Waals surface area contributed by atoms with Crippen LogP contribution >= 0.6 is 0 Å². The van der Waals surface area contributed by atoms with E-state index in [9.17, 15) is 19.2 Å². The Balaban J connectivity index is 1.43. The maximum Gasteiger partial charge on any atom is 0.322 e. The number of hydrogen-bond donors (Lipinski definition) is 2. The Morgan fingerprint density at radius 2 is 1.96 bits per heavy atom. The zero-order chi connectivity index (χ0) is 18.7. The SMILES string of the molecule is C[C@@H]1CCN(C(=O)COC(=O)CC[C@@H]2NC(=O)NC2=O)[C@@H]2CCCC[C@@H]12. The minimum Gasteiger partial charge on any atom is -0.456 e. The van der Waals surface area contributed by atoms with Gasteiger partial charge in [-0.05, 0) is 37.5 Å². The van der Waals surface area contributed by atoms with E-state index in [1.807, 2.05) is 4.90 Å². The van der Waals surface area contributed by atoms with E-state index in [-0.39, 0.29) is 31.4 Å². The number of carbonyl (C=O) groups is 4. The highest BCUT2D eigenvalue weighted by atomic mass is 16.5. The number of imide groups is 1. The number of amides is 4. The summed E-state index contributed by atoms with van der Waals surface area (Å²) in [5.41, 5.74) is 0. The van der Waals surface area contributed by atoms with E-state index in [0.29, 0.717) is 11.8 Å². The van der Waals surface area contributed by atoms with Crippen molar-refractivity contribution < 1.29 is 23.9 Å². The lowest BCUT2D eigenvalue weighted by Gasteiger charge is -2.47. The third-order valence-corrected chi connectivity index (χ3v) is 5.91. The fourth-order valence-electron chi connectivity index (χ4n) is 4.44. The van der Waals surface area contributed by atoms with Gasteiger partial charge in [-0.25, -0.2) is 4.79 Å². The first-order chi connectivity index (χ1) is 12.5. The molecule has 144 valence electrons. The average molecular weight is 365 g/mol. The zero-order valence-electron chi connectivity index (χ0n) is 15.2. The van der Waals surface area contributed by atoms with Crippen LogP contribution in [0.5, 0.6) is 0 Å². The fraction of sp³-hybridized carbons (Fsp3) is 0.778. The van der Waals surface area contributed by atoms with E-state index >= 15 is 0 Å². The highest BCUT2D eigenvalue weighted by Crippen LogP contribution is 2.38. The van der Waals surface area contributed by atoms with Crippen LogP contribution < -0.4 is 10.6 Å². The molecule has 2 N–H and O–H groups in total. The minimum atomic E-state index is -0.711. The smallest absolute Gasteiger partial charge is 0.322 e. The first-order valence-corrected chi connectivity index (χ1v) is 9.52. The van der Waals surface area contributed by atoms with E-state index in [1.165, 1.54) is 12.8 Å². The van der Waals surface area contributed by atoms with E-state index in [0.717, 1.165) is 25.8 Å². The summed E-state index contributed by atoms with van der Waals surface area (Å²) in [5.74, 6) is 0.0953. The zero-order valence-corrected chi connectivity index (χ0v) is 15.2. The Kier molecular flexibility index (Phi) is 5.78. The Morgan fingerprint density at radius 3 is 2.69 bits per heavy atom. The number of ether oxygens (including phenoxy) is 1. The Hall–Kier alpha value is -2.12. The fourth-order valence-corrected chi connectivity index (χ4v) is 4.44. The third-order valence-electron chi connectivity index (χ3n) is 5.91. The first kappa shape index (κ1) is 18.7. The Bertz CT molecular complexity index is 593. The molecule has 0 spiro atoms. The molecule has 0 radical (unpaired) electrons. The van der Waals surface area contributed by atoms with Gasteiger partial charge in [0, 0.05) is 19.0 Å². The van der Waals surface area contributed by atoms with Crippen LogP contribution in [0.15, 0.2) is 0 Å². The summed E-state index contributed by atoms with van der Waals surface area (Å²) < 4.78 is 5.11. The summed E-state index contributed by atoms with van der Waals surface area (Å²) in [6, 6.07) is -0.988. The number of nitrogens with one attached hydrogen (secondary N) is 2. The van der Waals surface area contributed by atoms with Crippen LogP contribution in [-0.4, -0.2) is 54.0 Å². The maximum absolute atomic E-state index is 12.5. The second-order valence-electron chi connectivity index (χ2n) is 7.58. The van der Waals surface area contributed by atoms with Crippen LogP contribution in [0.4, 0.5) is 4.79 Å². The van der Waals surface area contributed by atoms with Gasteiger partial charge in [-0.2, -0.15) is 0 Å². The highest BCUT2D eigenvalue weighted by molar-refractivity contribution is 6.04. The van der Waals surface area contributed by atoms with Crippen molar-refractivity contribution in [3.05, 3.63) is 0 Å². The van der Waals surface area contributed by atoms with Crippen LogP contribution in [0.3, 0.4) is 0 Å². The molecule has 4 amide bonds. The van der Waals surface area contributed by atoms with Gasteiger partial charge in [0.05, 0.1) is 0 Å². The molecule has 0 aromatic carbocycles. The third kappa shape index (κ3) is 4.16. The van der Waals surface area contributed by atoms with Crippen molar-refractivity contribution in [3.8, 4) is 0 Å². The van der Waals surface area contributed by atoms with E-state index < -0.39 is 23.9 Å². The van der Waals surface area contributed by atoms with Gasteiger partial charge in [-0.1, -0.05) is 19.8 Å². The van der Waals surface area contributed by atoms with E-state index in [4.69, 9.17) is 4.74 Å². The normalized spacial score (nSPS) is 31.0. The van der Waals surface area contributed by atoms with Crippen molar-refractivity contribution in [3.63, 3.8) is 0 Å². The van der Waals surface area contributed by atoms with Crippen LogP contribution in [0.1, 0.15) is 51.9 Å². The molecule has 4 atom stereocenters. The van der Waals surface area contributed by atoms with E-state index in [1.54, 1.807) is 0 Å². The Labute approximate surface area is 153 Å². The largest absolute Gasteiger partial charge is 0.456 e. The molecule has 1 saturated carbocycles. The van der Waals surface area contributed by atoms with Gasteiger partial charge < -0.3 is 15.0 Å². The topological polar surface area (TPSA) is 105 Å². The molecule has 0 bridgehead atoms. The van der Waals surface area contributed by atoms with Crippen LogP contribution in [0, 0.1) is 11.8 Å². The predicted molar refractivity (Wildman–Crippen MR) is 91.9 cm³/mol. The van der Waals surface area contributed by atoms with Crippen molar-refractivity contribution in [1.82, 2.24) is 15.5 Å². The molecule has 1 aliphatic carbocycles. The molecule has 3 rings (SSSR count). The second-order valence-corrected chi connectivity index (χ2v) is 7.58. The molecule has 0 aromatic heterocycles. The molecule has 3 fully saturated rings. The Morgan fingerprint density at radius 1 is 1.19 bits per heavy atom. The molecular weight excluding hydrogens is 338 g/mol. The van der Waals surface area contributed by atoms with Crippen molar-refractivity contribution in [1.29, 1.82) is 0 Å². The van der Waals surface area contributed by atoms with Gasteiger partial charge in [-0.3, -0.25) is 19.7 Å². The predicted octanol–water partition coefficient (Wildman–Crippen LogP) is 0.945. The van der Waals surface area contributed by atoms with Crippen molar-refractivity contribution in [2.75, 3.05) is 13.2 Å². The number of piperidine rings is 1. The van der Waals surface area contributed by atoms with Gasteiger partial charge in [0.25, 0.3) is 11.8 Å². The molecule has 0 unspecified atom stereocenters. The molecule has 26 heavy (non-hydrogen) atoms. The number of carbonyl (C=O) groups excluding carboxylic acids is 4. The van der Waals surface area contributed by atoms with Gasteiger partial charge in [0.2, 0.25) is 0 Å². The number of likely N-dealkylation sites (tertiary alicyclic amines) is 1.